The maximum atomic E-state index is 11.9. The summed E-state index contributed by atoms with van der Waals surface area (Å²) in [6, 6.07) is 5.94. The summed E-state index contributed by atoms with van der Waals surface area (Å²) < 4.78 is 11.1. The van der Waals surface area contributed by atoms with Gasteiger partial charge >= 0.3 is 0 Å². The third-order valence-electron chi connectivity index (χ3n) is 4.07. The topological polar surface area (TPSA) is 62.8 Å². The molecule has 0 spiro atoms. The van der Waals surface area contributed by atoms with Gasteiger partial charge in [0.15, 0.2) is 11.5 Å². The van der Waals surface area contributed by atoms with Crippen molar-refractivity contribution in [2.75, 3.05) is 58.2 Å². The average molecular weight is 351 g/mol. The lowest BCUT2D eigenvalue weighted by atomic mass is 10.3. The zero-order valence-corrected chi connectivity index (χ0v) is 14.7. The molecule has 2 aliphatic rings. The predicted molar refractivity (Wildman–Crippen MR) is 95.1 cm³/mol. The Morgan fingerprint density at radius 2 is 2.00 bits per heavy atom. The summed E-state index contributed by atoms with van der Waals surface area (Å²) in [5.41, 5.74) is 0. The molecule has 1 aromatic carbocycles. The molecule has 1 aromatic rings. The predicted octanol–water partition coefficient (Wildman–Crippen LogP) is 0.961. The number of hydrogen-bond donors (Lipinski definition) is 2. The highest BCUT2D eigenvalue weighted by atomic mass is 32.2. The van der Waals surface area contributed by atoms with Gasteiger partial charge in [-0.25, -0.2) is 0 Å². The molecule has 0 aromatic heterocycles. The molecule has 0 atom stereocenters. The molecule has 2 aliphatic heterocycles. The first-order valence-electron chi connectivity index (χ1n) is 8.53. The van der Waals surface area contributed by atoms with Crippen LogP contribution in [0.5, 0.6) is 11.5 Å². The second kappa shape index (κ2) is 9.15. The number of carbonyl (C=O) groups is 1. The Labute approximate surface area is 147 Å². The number of piperazine rings is 1. The van der Waals surface area contributed by atoms with Crippen molar-refractivity contribution in [2.45, 2.75) is 11.3 Å². The van der Waals surface area contributed by atoms with E-state index in [-0.39, 0.29) is 5.91 Å². The lowest BCUT2D eigenvalue weighted by Crippen LogP contribution is -2.46. The molecule has 1 amide bonds. The van der Waals surface area contributed by atoms with Gasteiger partial charge in [0.2, 0.25) is 5.91 Å². The summed E-state index contributed by atoms with van der Waals surface area (Å²) in [6.45, 7) is 7.08. The second-order valence-electron chi connectivity index (χ2n) is 5.85. The Kier molecular flexibility index (Phi) is 6.63. The van der Waals surface area contributed by atoms with Gasteiger partial charge in [-0.1, -0.05) is 0 Å². The first kappa shape index (κ1) is 17.4. The third kappa shape index (κ3) is 5.29. The Hall–Kier alpha value is -1.44. The molecule has 0 unspecified atom stereocenters. The van der Waals surface area contributed by atoms with E-state index in [1.807, 2.05) is 18.2 Å². The number of amides is 1. The Bertz CT molecular complexity index is 550. The van der Waals surface area contributed by atoms with Crippen LogP contribution in [0.15, 0.2) is 23.1 Å². The van der Waals surface area contributed by atoms with Gasteiger partial charge < -0.3 is 20.1 Å². The SMILES string of the molecule is O=C(CCSc1ccc2c(c1)OCCO2)NCCN1CCNCC1. The van der Waals surface area contributed by atoms with Gasteiger partial charge in [-0.15, -0.1) is 11.8 Å². The highest BCUT2D eigenvalue weighted by Crippen LogP contribution is 2.34. The zero-order chi connectivity index (χ0) is 16.6. The van der Waals surface area contributed by atoms with Crippen LogP contribution >= 0.6 is 11.8 Å². The quantitative estimate of drug-likeness (QED) is 0.714. The van der Waals surface area contributed by atoms with Crippen molar-refractivity contribution >= 4 is 17.7 Å². The summed E-state index contributed by atoms with van der Waals surface area (Å²) in [6.07, 6.45) is 0.528. The highest BCUT2D eigenvalue weighted by molar-refractivity contribution is 7.99. The Morgan fingerprint density at radius 1 is 1.21 bits per heavy atom. The van der Waals surface area contributed by atoms with Gasteiger partial charge in [0.25, 0.3) is 0 Å². The van der Waals surface area contributed by atoms with Crippen molar-refractivity contribution in [2.24, 2.45) is 0 Å². The summed E-state index contributed by atoms with van der Waals surface area (Å²) in [5.74, 6) is 2.48. The first-order chi connectivity index (χ1) is 11.8. The third-order valence-corrected chi connectivity index (χ3v) is 5.07. The van der Waals surface area contributed by atoms with Crippen LogP contribution < -0.4 is 20.1 Å². The van der Waals surface area contributed by atoms with E-state index in [0.717, 1.165) is 61.4 Å². The van der Waals surface area contributed by atoms with Crippen LogP contribution in [0.25, 0.3) is 0 Å². The van der Waals surface area contributed by atoms with Gasteiger partial charge in [-0.05, 0) is 18.2 Å². The molecule has 0 bridgehead atoms. The van der Waals surface area contributed by atoms with Crippen LogP contribution in [0.3, 0.4) is 0 Å². The Morgan fingerprint density at radius 3 is 2.83 bits per heavy atom. The molecule has 7 heteroatoms. The van der Waals surface area contributed by atoms with E-state index in [4.69, 9.17) is 9.47 Å². The van der Waals surface area contributed by atoms with Crippen molar-refractivity contribution in [3.8, 4) is 11.5 Å². The molecule has 6 nitrogen and oxygen atoms in total. The first-order valence-corrected chi connectivity index (χ1v) is 9.52. The normalized spacial score (nSPS) is 17.5. The van der Waals surface area contributed by atoms with Crippen molar-refractivity contribution in [3.05, 3.63) is 18.2 Å². The summed E-state index contributed by atoms with van der Waals surface area (Å²) in [4.78, 5) is 15.4. The fourth-order valence-electron chi connectivity index (χ4n) is 2.75. The molecular formula is C17H25N3O3S. The summed E-state index contributed by atoms with van der Waals surface area (Å²) in [5, 5.41) is 6.33. The number of thioether (sulfide) groups is 1. The maximum absolute atomic E-state index is 11.9. The standard InChI is InChI=1S/C17H25N3O3S/c21-17(19-6-9-20-7-4-18-5-8-20)3-12-24-14-1-2-15-16(13-14)23-11-10-22-15/h1-2,13,18H,3-12H2,(H,19,21). The minimum absolute atomic E-state index is 0.121. The number of nitrogens with one attached hydrogen (secondary N) is 2. The number of carbonyl (C=O) groups excluding carboxylic acids is 1. The largest absolute Gasteiger partial charge is 0.486 e. The number of nitrogens with zero attached hydrogens (tertiary/aromatic N) is 1. The number of rotatable bonds is 7. The smallest absolute Gasteiger partial charge is 0.220 e. The zero-order valence-electron chi connectivity index (χ0n) is 13.9. The van der Waals surface area contributed by atoms with E-state index < -0.39 is 0 Å². The average Bonchev–Trinajstić information content (AvgIpc) is 2.62. The summed E-state index contributed by atoms with van der Waals surface area (Å²) >= 11 is 1.67. The molecule has 0 saturated carbocycles. The van der Waals surface area contributed by atoms with Gasteiger partial charge in [0.1, 0.15) is 13.2 Å². The van der Waals surface area contributed by atoms with Crippen molar-refractivity contribution in [3.63, 3.8) is 0 Å². The fourth-order valence-corrected chi connectivity index (χ4v) is 3.63. The minimum atomic E-state index is 0.121. The van der Waals surface area contributed by atoms with E-state index in [2.05, 4.69) is 15.5 Å². The lowest BCUT2D eigenvalue weighted by Gasteiger charge is -2.27. The van der Waals surface area contributed by atoms with Crippen molar-refractivity contribution < 1.29 is 14.3 Å². The van der Waals surface area contributed by atoms with Crippen LogP contribution in [0.1, 0.15) is 6.42 Å². The molecule has 132 valence electrons. The van der Waals surface area contributed by atoms with E-state index >= 15 is 0 Å². The number of benzene rings is 1. The number of fused-ring (bicyclic) bond motifs is 1. The van der Waals surface area contributed by atoms with Crippen LogP contribution in [0.2, 0.25) is 0 Å². The van der Waals surface area contributed by atoms with E-state index in [9.17, 15) is 4.79 Å². The molecule has 2 N–H and O–H groups in total. The number of hydrogen-bond acceptors (Lipinski definition) is 6. The van der Waals surface area contributed by atoms with Crippen LogP contribution in [0.4, 0.5) is 0 Å². The van der Waals surface area contributed by atoms with Gasteiger partial charge in [0.05, 0.1) is 0 Å². The van der Waals surface area contributed by atoms with Crippen LogP contribution in [0, 0.1) is 0 Å². The van der Waals surface area contributed by atoms with Crippen LogP contribution in [-0.2, 0) is 4.79 Å². The van der Waals surface area contributed by atoms with E-state index in [0.29, 0.717) is 19.6 Å². The Balaban J connectivity index is 1.31. The molecular weight excluding hydrogens is 326 g/mol. The molecule has 24 heavy (non-hydrogen) atoms. The molecule has 2 heterocycles. The maximum Gasteiger partial charge on any atom is 0.220 e. The summed E-state index contributed by atoms with van der Waals surface area (Å²) in [7, 11) is 0. The molecule has 1 saturated heterocycles. The van der Waals surface area contributed by atoms with Crippen molar-refractivity contribution in [1.82, 2.24) is 15.5 Å². The molecule has 0 radical (unpaired) electrons. The van der Waals surface area contributed by atoms with E-state index in [1.165, 1.54) is 0 Å². The van der Waals surface area contributed by atoms with Crippen molar-refractivity contribution in [1.29, 1.82) is 0 Å². The minimum Gasteiger partial charge on any atom is -0.486 e. The van der Waals surface area contributed by atoms with Gasteiger partial charge in [-0.3, -0.25) is 9.69 Å². The van der Waals surface area contributed by atoms with Gasteiger partial charge in [-0.2, -0.15) is 0 Å². The molecule has 1 fully saturated rings. The van der Waals surface area contributed by atoms with Gasteiger partial charge in [0, 0.05) is 56.3 Å². The van der Waals surface area contributed by atoms with E-state index in [1.54, 1.807) is 11.8 Å². The monoisotopic (exact) mass is 351 g/mol. The number of ether oxygens (including phenoxy) is 2. The fraction of sp³-hybridized carbons (Fsp3) is 0.588. The molecule has 0 aliphatic carbocycles. The van der Waals surface area contributed by atoms with Crippen LogP contribution in [-0.4, -0.2) is 69.0 Å². The molecule has 3 rings (SSSR count). The second-order valence-corrected chi connectivity index (χ2v) is 7.01. The highest BCUT2D eigenvalue weighted by Gasteiger charge is 2.12. The lowest BCUT2D eigenvalue weighted by molar-refractivity contribution is -0.120.